The Hall–Kier alpha value is -2.14. The number of aromatic nitrogens is 4. The lowest BCUT2D eigenvalue weighted by atomic mass is 9.87. The van der Waals surface area contributed by atoms with E-state index in [4.69, 9.17) is 0 Å². The Morgan fingerprint density at radius 1 is 1.26 bits per heavy atom. The Morgan fingerprint density at radius 3 is 2.87 bits per heavy atom. The Labute approximate surface area is 135 Å². The molecule has 0 aliphatic heterocycles. The first-order valence-electron chi connectivity index (χ1n) is 8.35. The van der Waals surface area contributed by atoms with E-state index in [1.54, 1.807) is 0 Å². The standard InChI is InChI=1S/C18H22N4O/c1-12-18-16(3-2-4-17(18)21-20-12)14-9-19-22(10-14)15-7-5-13(11-23)6-8-15/h2-4,9-10,13,15,23H,5-8,11H2,1H3,(H,20,21). The van der Waals surface area contributed by atoms with Crippen LogP contribution < -0.4 is 0 Å². The molecule has 2 heterocycles. The molecular weight excluding hydrogens is 288 g/mol. The SMILES string of the molecule is Cc1n[nH]c2cccc(-c3cnn(C4CCC(CO)CC4)c3)c12. The lowest BCUT2D eigenvalue weighted by Crippen LogP contribution is -2.20. The summed E-state index contributed by atoms with van der Waals surface area (Å²) in [6, 6.07) is 6.70. The summed E-state index contributed by atoms with van der Waals surface area (Å²) in [4.78, 5) is 0. The quantitative estimate of drug-likeness (QED) is 0.778. The van der Waals surface area contributed by atoms with Crippen molar-refractivity contribution in [3.8, 4) is 11.1 Å². The number of fused-ring (bicyclic) bond motifs is 1. The number of benzene rings is 1. The lowest BCUT2D eigenvalue weighted by Gasteiger charge is -2.27. The van der Waals surface area contributed by atoms with E-state index in [1.165, 1.54) is 10.9 Å². The summed E-state index contributed by atoms with van der Waals surface area (Å²) < 4.78 is 2.11. The van der Waals surface area contributed by atoms with Gasteiger partial charge in [-0.2, -0.15) is 10.2 Å². The van der Waals surface area contributed by atoms with Crippen LogP contribution in [0.4, 0.5) is 0 Å². The fraction of sp³-hybridized carbons (Fsp3) is 0.444. The van der Waals surface area contributed by atoms with Gasteiger partial charge >= 0.3 is 0 Å². The fourth-order valence-corrected chi connectivity index (χ4v) is 3.74. The number of aliphatic hydroxyl groups is 1. The molecule has 1 aliphatic carbocycles. The predicted molar refractivity (Wildman–Crippen MR) is 90.1 cm³/mol. The van der Waals surface area contributed by atoms with Crippen molar-refractivity contribution in [1.82, 2.24) is 20.0 Å². The summed E-state index contributed by atoms with van der Waals surface area (Å²) in [5.41, 5.74) is 4.41. The second-order valence-electron chi connectivity index (χ2n) is 6.60. The maximum absolute atomic E-state index is 9.28. The third-order valence-corrected chi connectivity index (χ3v) is 5.13. The van der Waals surface area contributed by atoms with Crippen molar-refractivity contribution < 1.29 is 5.11 Å². The minimum atomic E-state index is 0.318. The van der Waals surface area contributed by atoms with E-state index in [9.17, 15) is 5.11 Å². The Bertz CT molecular complexity index is 811. The van der Waals surface area contributed by atoms with Crippen LogP contribution in [0, 0.1) is 12.8 Å². The first-order chi connectivity index (χ1) is 11.3. The molecular formula is C18H22N4O. The van der Waals surface area contributed by atoms with Gasteiger partial charge in [-0.1, -0.05) is 12.1 Å². The zero-order chi connectivity index (χ0) is 15.8. The summed E-state index contributed by atoms with van der Waals surface area (Å²) in [7, 11) is 0. The van der Waals surface area contributed by atoms with E-state index >= 15 is 0 Å². The Morgan fingerprint density at radius 2 is 2.09 bits per heavy atom. The second-order valence-corrected chi connectivity index (χ2v) is 6.60. The topological polar surface area (TPSA) is 66.7 Å². The molecule has 1 aliphatic rings. The largest absolute Gasteiger partial charge is 0.396 e. The highest BCUT2D eigenvalue weighted by Gasteiger charge is 2.22. The van der Waals surface area contributed by atoms with Gasteiger partial charge in [-0.05, 0) is 50.2 Å². The van der Waals surface area contributed by atoms with Gasteiger partial charge in [-0.15, -0.1) is 0 Å². The van der Waals surface area contributed by atoms with E-state index in [2.05, 4.69) is 44.4 Å². The average Bonchev–Trinajstić information content (AvgIpc) is 3.22. The van der Waals surface area contributed by atoms with Crippen LogP contribution >= 0.6 is 0 Å². The highest BCUT2D eigenvalue weighted by molar-refractivity contribution is 5.96. The molecule has 0 bridgehead atoms. The molecule has 120 valence electrons. The summed E-state index contributed by atoms with van der Waals surface area (Å²) in [5.74, 6) is 0.476. The summed E-state index contributed by atoms with van der Waals surface area (Å²) in [5, 5.41) is 22.5. The molecule has 0 atom stereocenters. The first-order valence-corrected chi connectivity index (χ1v) is 8.35. The van der Waals surface area contributed by atoms with Crippen LogP contribution in [-0.2, 0) is 0 Å². The van der Waals surface area contributed by atoms with Gasteiger partial charge in [-0.25, -0.2) is 0 Å². The number of H-pyrrole nitrogens is 1. The molecule has 0 unspecified atom stereocenters. The maximum atomic E-state index is 9.28. The van der Waals surface area contributed by atoms with Crippen LogP contribution in [0.25, 0.3) is 22.0 Å². The van der Waals surface area contributed by atoms with Crippen LogP contribution in [0.3, 0.4) is 0 Å². The zero-order valence-corrected chi connectivity index (χ0v) is 13.4. The summed E-state index contributed by atoms with van der Waals surface area (Å²) in [6.07, 6.45) is 8.49. The molecule has 0 amide bonds. The minimum absolute atomic E-state index is 0.318. The number of aliphatic hydroxyl groups excluding tert-OH is 1. The first kappa shape index (κ1) is 14.5. The molecule has 5 heteroatoms. The molecule has 4 rings (SSSR count). The Balaban J connectivity index is 1.64. The molecule has 2 aromatic heterocycles. The van der Waals surface area contributed by atoms with Crippen molar-refractivity contribution in [1.29, 1.82) is 0 Å². The summed E-state index contributed by atoms with van der Waals surface area (Å²) in [6.45, 7) is 2.35. The number of nitrogens with zero attached hydrogens (tertiary/aromatic N) is 3. The third-order valence-electron chi connectivity index (χ3n) is 5.13. The summed E-state index contributed by atoms with van der Waals surface area (Å²) >= 11 is 0. The van der Waals surface area contributed by atoms with Gasteiger partial charge in [0.2, 0.25) is 0 Å². The van der Waals surface area contributed by atoms with Crippen LogP contribution in [0.1, 0.15) is 37.4 Å². The molecule has 0 radical (unpaired) electrons. The van der Waals surface area contributed by atoms with E-state index in [0.29, 0.717) is 18.6 Å². The van der Waals surface area contributed by atoms with Gasteiger partial charge in [0.05, 0.1) is 23.4 Å². The van der Waals surface area contributed by atoms with Crippen molar-refractivity contribution in [3.05, 3.63) is 36.3 Å². The fourth-order valence-electron chi connectivity index (χ4n) is 3.74. The van der Waals surface area contributed by atoms with Crippen LogP contribution in [-0.4, -0.2) is 31.7 Å². The zero-order valence-electron chi connectivity index (χ0n) is 13.4. The molecule has 0 spiro atoms. The number of hydrogen-bond acceptors (Lipinski definition) is 3. The second kappa shape index (κ2) is 5.81. The van der Waals surface area contributed by atoms with E-state index in [0.717, 1.165) is 42.5 Å². The normalized spacial score (nSPS) is 21.8. The number of rotatable bonds is 3. The number of aromatic amines is 1. The van der Waals surface area contributed by atoms with Gasteiger partial charge in [-0.3, -0.25) is 9.78 Å². The monoisotopic (exact) mass is 310 g/mol. The lowest BCUT2D eigenvalue weighted by molar-refractivity contribution is 0.165. The van der Waals surface area contributed by atoms with Gasteiger partial charge in [0, 0.05) is 23.8 Å². The Kier molecular flexibility index (Phi) is 3.65. The molecule has 1 aromatic carbocycles. The van der Waals surface area contributed by atoms with Gasteiger partial charge < -0.3 is 5.11 Å². The van der Waals surface area contributed by atoms with Crippen LogP contribution in [0.15, 0.2) is 30.6 Å². The van der Waals surface area contributed by atoms with E-state index < -0.39 is 0 Å². The predicted octanol–water partition coefficient (Wildman–Crippen LogP) is 3.46. The minimum Gasteiger partial charge on any atom is -0.396 e. The average molecular weight is 310 g/mol. The molecule has 1 fully saturated rings. The maximum Gasteiger partial charge on any atom is 0.0676 e. The molecule has 0 saturated heterocycles. The van der Waals surface area contributed by atoms with Crippen molar-refractivity contribution >= 4 is 10.9 Å². The van der Waals surface area contributed by atoms with Crippen molar-refractivity contribution in [2.45, 2.75) is 38.6 Å². The van der Waals surface area contributed by atoms with E-state index in [1.807, 2.05) is 13.1 Å². The molecule has 23 heavy (non-hydrogen) atoms. The number of aryl methyl sites for hydroxylation is 1. The molecule has 2 N–H and O–H groups in total. The highest BCUT2D eigenvalue weighted by atomic mass is 16.3. The van der Waals surface area contributed by atoms with Gasteiger partial charge in [0.1, 0.15) is 0 Å². The highest BCUT2D eigenvalue weighted by Crippen LogP contribution is 2.34. The van der Waals surface area contributed by atoms with E-state index in [-0.39, 0.29) is 0 Å². The van der Waals surface area contributed by atoms with Gasteiger partial charge in [0.15, 0.2) is 0 Å². The number of nitrogens with one attached hydrogen (secondary N) is 1. The molecule has 3 aromatic rings. The molecule has 5 nitrogen and oxygen atoms in total. The van der Waals surface area contributed by atoms with Crippen LogP contribution in [0.2, 0.25) is 0 Å². The third kappa shape index (κ3) is 2.55. The molecule has 1 saturated carbocycles. The van der Waals surface area contributed by atoms with Crippen molar-refractivity contribution in [2.75, 3.05) is 6.61 Å². The van der Waals surface area contributed by atoms with Gasteiger partial charge in [0.25, 0.3) is 0 Å². The van der Waals surface area contributed by atoms with Crippen molar-refractivity contribution in [3.63, 3.8) is 0 Å². The smallest absolute Gasteiger partial charge is 0.0676 e. The van der Waals surface area contributed by atoms with Crippen molar-refractivity contribution in [2.24, 2.45) is 5.92 Å². The number of hydrogen-bond donors (Lipinski definition) is 2. The van der Waals surface area contributed by atoms with Crippen LogP contribution in [0.5, 0.6) is 0 Å².